The number of carbonyl (C=O) groups is 2. The molecule has 0 atom stereocenters. The van der Waals surface area contributed by atoms with E-state index in [2.05, 4.69) is 10.3 Å². The summed E-state index contributed by atoms with van der Waals surface area (Å²) in [6, 6.07) is 14.3. The zero-order valence-corrected chi connectivity index (χ0v) is 15.9. The first kappa shape index (κ1) is 18.6. The average Bonchev–Trinajstić information content (AvgIpc) is 2.60. The highest BCUT2D eigenvalue weighted by atomic mass is 16.5. The molecule has 0 fully saturated rings. The van der Waals surface area contributed by atoms with Gasteiger partial charge in [-0.2, -0.15) is 0 Å². The third-order valence-electron chi connectivity index (χ3n) is 4.04. The maximum Gasteiger partial charge on any atom is 0.338 e. The minimum atomic E-state index is -0.400. The van der Waals surface area contributed by atoms with Gasteiger partial charge in [-0.05, 0) is 64.1 Å². The molecule has 2 aromatic carbocycles. The van der Waals surface area contributed by atoms with E-state index in [4.69, 9.17) is 4.74 Å². The molecule has 138 valence electrons. The van der Waals surface area contributed by atoms with Crippen LogP contribution in [0.4, 0.5) is 5.69 Å². The van der Waals surface area contributed by atoms with Crippen molar-refractivity contribution in [3.8, 4) is 0 Å². The van der Waals surface area contributed by atoms with Crippen LogP contribution in [0.25, 0.3) is 10.9 Å². The summed E-state index contributed by atoms with van der Waals surface area (Å²) in [5, 5.41) is 3.64. The van der Waals surface area contributed by atoms with Gasteiger partial charge in [0.1, 0.15) is 0 Å². The van der Waals surface area contributed by atoms with Crippen LogP contribution in [0, 0.1) is 13.8 Å². The summed E-state index contributed by atoms with van der Waals surface area (Å²) in [5.41, 5.74) is 4.11. The number of pyridine rings is 1. The molecule has 27 heavy (non-hydrogen) atoms. The Labute approximate surface area is 158 Å². The van der Waals surface area contributed by atoms with E-state index in [1.165, 1.54) is 0 Å². The Morgan fingerprint density at radius 2 is 1.78 bits per heavy atom. The predicted molar refractivity (Wildman–Crippen MR) is 106 cm³/mol. The molecular weight excluding hydrogens is 340 g/mol. The number of esters is 1. The monoisotopic (exact) mass is 362 g/mol. The molecule has 1 N–H and O–H groups in total. The summed E-state index contributed by atoms with van der Waals surface area (Å²) in [4.78, 5) is 29.4. The van der Waals surface area contributed by atoms with Crippen molar-refractivity contribution in [1.29, 1.82) is 0 Å². The zero-order chi connectivity index (χ0) is 19.6. The summed E-state index contributed by atoms with van der Waals surface area (Å²) >= 11 is 0. The molecule has 5 nitrogen and oxygen atoms in total. The van der Waals surface area contributed by atoms with Crippen molar-refractivity contribution in [2.75, 3.05) is 5.32 Å². The highest BCUT2D eigenvalue weighted by molar-refractivity contribution is 6.09. The zero-order valence-electron chi connectivity index (χ0n) is 15.9. The van der Waals surface area contributed by atoms with Gasteiger partial charge >= 0.3 is 5.97 Å². The Kier molecular flexibility index (Phi) is 5.21. The van der Waals surface area contributed by atoms with E-state index in [1.807, 2.05) is 32.0 Å². The maximum atomic E-state index is 12.7. The number of carbonyl (C=O) groups excluding carboxylic acids is 2. The molecule has 0 aliphatic rings. The second-order valence-electron chi connectivity index (χ2n) is 6.82. The van der Waals surface area contributed by atoms with Gasteiger partial charge in [0.2, 0.25) is 0 Å². The fourth-order valence-electron chi connectivity index (χ4n) is 2.85. The maximum absolute atomic E-state index is 12.7. The van der Waals surface area contributed by atoms with Gasteiger partial charge < -0.3 is 10.1 Å². The Bertz CT molecular complexity index is 1030. The van der Waals surface area contributed by atoms with Gasteiger partial charge in [-0.1, -0.05) is 17.7 Å². The number of rotatable bonds is 4. The molecule has 0 unspecified atom stereocenters. The summed E-state index contributed by atoms with van der Waals surface area (Å²) in [5.74, 6) is -0.607. The summed E-state index contributed by atoms with van der Waals surface area (Å²) < 4.78 is 5.27. The van der Waals surface area contributed by atoms with E-state index in [0.29, 0.717) is 27.7 Å². The Hall–Kier alpha value is -3.21. The van der Waals surface area contributed by atoms with E-state index in [9.17, 15) is 9.59 Å². The molecule has 3 aromatic rings. The lowest BCUT2D eigenvalue weighted by Crippen LogP contribution is -2.14. The van der Waals surface area contributed by atoms with Crippen LogP contribution in [-0.2, 0) is 4.74 Å². The first-order valence-corrected chi connectivity index (χ1v) is 8.84. The number of anilines is 1. The van der Waals surface area contributed by atoms with Crippen molar-refractivity contribution in [3.63, 3.8) is 0 Å². The molecule has 1 heterocycles. The molecule has 0 bridgehead atoms. The molecule has 0 aliphatic heterocycles. The lowest BCUT2D eigenvalue weighted by atomic mass is 10.1. The lowest BCUT2D eigenvalue weighted by Gasteiger charge is -2.12. The highest BCUT2D eigenvalue weighted by Crippen LogP contribution is 2.25. The van der Waals surface area contributed by atoms with Crippen LogP contribution in [0.1, 0.15) is 45.8 Å². The average molecular weight is 362 g/mol. The fraction of sp³-hybridized carbons (Fsp3) is 0.227. The summed E-state index contributed by atoms with van der Waals surface area (Å²) in [6.45, 7) is 7.41. The second-order valence-corrected chi connectivity index (χ2v) is 6.82. The second kappa shape index (κ2) is 7.58. The van der Waals surface area contributed by atoms with Gasteiger partial charge in [-0.15, -0.1) is 0 Å². The minimum Gasteiger partial charge on any atom is -0.459 e. The van der Waals surface area contributed by atoms with Crippen molar-refractivity contribution in [2.24, 2.45) is 0 Å². The predicted octanol–water partition coefficient (Wildman–Crippen LogP) is 4.67. The number of amides is 1. The number of aromatic nitrogens is 1. The van der Waals surface area contributed by atoms with E-state index in [0.717, 1.165) is 11.3 Å². The first-order chi connectivity index (χ1) is 12.8. The van der Waals surface area contributed by atoms with Gasteiger partial charge in [0.25, 0.3) is 5.91 Å². The molecule has 1 aromatic heterocycles. The number of fused-ring (bicyclic) bond motifs is 1. The van der Waals surface area contributed by atoms with Gasteiger partial charge in [-0.25, -0.2) is 4.79 Å². The number of nitrogens with zero attached hydrogens (tertiary/aromatic N) is 1. The normalized spacial score (nSPS) is 10.9. The summed E-state index contributed by atoms with van der Waals surface area (Å²) in [6.07, 6.45) is -0.204. The fourth-order valence-corrected chi connectivity index (χ4v) is 2.85. The smallest absolute Gasteiger partial charge is 0.338 e. The third-order valence-corrected chi connectivity index (χ3v) is 4.04. The van der Waals surface area contributed by atoms with E-state index >= 15 is 0 Å². The van der Waals surface area contributed by atoms with Crippen molar-refractivity contribution in [2.45, 2.75) is 33.8 Å². The van der Waals surface area contributed by atoms with E-state index in [1.54, 1.807) is 44.2 Å². The van der Waals surface area contributed by atoms with E-state index in [-0.39, 0.29) is 12.0 Å². The van der Waals surface area contributed by atoms with Crippen molar-refractivity contribution >= 4 is 28.5 Å². The number of hydrogen-bond acceptors (Lipinski definition) is 4. The topological polar surface area (TPSA) is 68.3 Å². The summed E-state index contributed by atoms with van der Waals surface area (Å²) in [7, 11) is 0. The SMILES string of the molecule is Cc1cccc(C(=O)Nc2cc(C)nc3ccc(C(=O)OC(C)C)cc23)c1. The molecule has 0 saturated carbocycles. The molecule has 0 spiro atoms. The van der Waals surface area contributed by atoms with Crippen LogP contribution >= 0.6 is 0 Å². The third kappa shape index (κ3) is 4.31. The minimum absolute atomic E-state index is 0.204. The van der Waals surface area contributed by atoms with Crippen LogP contribution in [0.15, 0.2) is 48.5 Å². The highest BCUT2D eigenvalue weighted by Gasteiger charge is 2.14. The molecule has 3 rings (SSSR count). The standard InChI is InChI=1S/C22H22N2O3/c1-13(2)27-22(26)17-8-9-19-18(12-17)20(11-15(4)23-19)24-21(25)16-7-5-6-14(3)10-16/h5-13H,1-4H3,(H,23,24,25). The van der Waals surface area contributed by atoms with Crippen molar-refractivity contribution in [1.82, 2.24) is 4.98 Å². The first-order valence-electron chi connectivity index (χ1n) is 8.84. The number of aryl methyl sites for hydroxylation is 2. The van der Waals surface area contributed by atoms with Gasteiger partial charge in [0.05, 0.1) is 22.9 Å². The van der Waals surface area contributed by atoms with Gasteiger partial charge in [-0.3, -0.25) is 9.78 Å². The Morgan fingerprint density at radius 3 is 2.48 bits per heavy atom. The largest absolute Gasteiger partial charge is 0.459 e. The molecule has 1 amide bonds. The molecular formula is C22H22N2O3. The van der Waals surface area contributed by atoms with Crippen molar-refractivity contribution in [3.05, 3.63) is 70.9 Å². The Balaban J connectivity index is 2.00. The Morgan fingerprint density at radius 1 is 1.00 bits per heavy atom. The van der Waals surface area contributed by atoms with Crippen LogP contribution < -0.4 is 5.32 Å². The number of ether oxygens (including phenoxy) is 1. The van der Waals surface area contributed by atoms with Gasteiger partial charge in [0.15, 0.2) is 0 Å². The van der Waals surface area contributed by atoms with Crippen LogP contribution in [0.3, 0.4) is 0 Å². The van der Waals surface area contributed by atoms with Crippen LogP contribution in [-0.4, -0.2) is 23.0 Å². The number of nitrogens with one attached hydrogen (secondary N) is 1. The van der Waals surface area contributed by atoms with Crippen molar-refractivity contribution < 1.29 is 14.3 Å². The number of benzene rings is 2. The lowest BCUT2D eigenvalue weighted by molar-refractivity contribution is 0.0378. The van der Waals surface area contributed by atoms with Gasteiger partial charge in [0, 0.05) is 16.6 Å². The molecule has 0 aliphatic carbocycles. The van der Waals surface area contributed by atoms with Crippen LogP contribution in [0.5, 0.6) is 0 Å². The molecule has 0 saturated heterocycles. The molecule has 5 heteroatoms. The molecule has 0 radical (unpaired) electrons. The number of hydrogen-bond donors (Lipinski definition) is 1. The van der Waals surface area contributed by atoms with E-state index < -0.39 is 5.97 Å². The quantitative estimate of drug-likeness (QED) is 0.685. The van der Waals surface area contributed by atoms with Crippen LogP contribution in [0.2, 0.25) is 0 Å².